The largest absolute Gasteiger partial charge is 2.00 e. The molecular formula is C19H27CaNO6. The molecule has 6 atom stereocenters. The van der Waals surface area contributed by atoms with Gasteiger partial charge in [-0.2, -0.15) is 0 Å². The van der Waals surface area contributed by atoms with Crippen molar-refractivity contribution in [1.29, 1.82) is 0 Å². The molecule has 0 amide bonds. The molecule has 0 radical (unpaired) electrons. The van der Waals surface area contributed by atoms with Crippen molar-refractivity contribution in [3.05, 3.63) is 35.9 Å². The first kappa shape index (κ1) is 22.6. The molecular weight excluding hydrogens is 378 g/mol. The van der Waals surface area contributed by atoms with Crippen LogP contribution in [-0.4, -0.2) is 109 Å². The van der Waals surface area contributed by atoms with E-state index in [1.54, 1.807) is 0 Å². The molecule has 146 valence electrons. The van der Waals surface area contributed by atoms with E-state index in [0.29, 0.717) is 24.3 Å². The number of benzene rings is 1. The second kappa shape index (κ2) is 9.67. The SMILES string of the molecule is CC(=O)O.CN1[C@@H]2CC(OC(=O)[C@H](CO)c3ccccc3)C[C@H]1[C@@H]1O[C@@H]12.[Ca+2].[H-].[H-]. The molecule has 3 aliphatic heterocycles. The Morgan fingerprint density at radius 3 is 2.26 bits per heavy atom. The number of carbonyl (C=O) groups is 2. The normalized spacial score (nSPS) is 31.4. The molecule has 0 aromatic heterocycles. The number of aliphatic carboxylic acids is 1. The first-order valence-corrected chi connectivity index (χ1v) is 8.85. The van der Waals surface area contributed by atoms with Gasteiger partial charge in [0.25, 0.3) is 5.97 Å². The fourth-order valence-electron chi connectivity index (χ4n) is 4.04. The molecule has 0 saturated carbocycles. The van der Waals surface area contributed by atoms with Crippen molar-refractivity contribution in [2.24, 2.45) is 0 Å². The topological polar surface area (TPSA) is 99.6 Å². The minimum Gasteiger partial charge on any atom is -1.00 e. The Bertz CT molecular complexity index is 645. The number of ether oxygens (including phenoxy) is 2. The summed E-state index contributed by atoms with van der Waals surface area (Å²) < 4.78 is 11.4. The molecule has 7 nitrogen and oxygen atoms in total. The number of morpholine rings is 1. The summed E-state index contributed by atoms with van der Waals surface area (Å²) in [4.78, 5) is 23.8. The third kappa shape index (κ3) is 5.22. The fraction of sp³-hybridized carbons (Fsp3) is 0.579. The van der Waals surface area contributed by atoms with Crippen LogP contribution in [0.4, 0.5) is 0 Å². The van der Waals surface area contributed by atoms with Crippen molar-refractivity contribution >= 4 is 49.7 Å². The Balaban J connectivity index is 0.00000103. The maximum Gasteiger partial charge on any atom is 2.00 e. The van der Waals surface area contributed by atoms with Gasteiger partial charge in [0.05, 0.1) is 6.61 Å². The number of epoxide rings is 1. The smallest absolute Gasteiger partial charge is 1.00 e. The number of aliphatic hydroxyl groups excluding tert-OH is 1. The number of aliphatic hydroxyl groups is 1. The van der Waals surface area contributed by atoms with E-state index in [1.165, 1.54) is 0 Å². The maximum atomic E-state index is 12.4. The number of likely N-dealkylation sites (N-methyl/N-ethyl adjacent to an activating group) is 1. The van der Waals surface area contributed by atoms with Crippen LogP contribution in [0.3, 0.4) is 0 Å². The predicted molar refractivity (Wildman–Crippen MR) is 101 cm³/mol. The van der Waals surface area contributed by atoms with Crippen molar-refractivity contribution in [3.8, 4) is 0 Å². The molecule has 1 unspecified atom stereocenters. The first-order valence-electron chi connectivity index (χ1n) is 8.85. The van der Waals surface area contributed by atoms with Gasteiger partial charge >= 0.3 is 43.7 Å². The van der Waals surface area contributed by atoms with Crippen LogP contribution in [0.15, 0.2) is 30.3 Å². The molecule has 0 spiro atoms. The minimum atomic E-state index is -0.833. The number of carbonyl (C=O) groups excluding carboxylic acids is 1. The van der Waals surface area contributed by atoms with E-state index < -0.39 is 11.9 Å². The van der Waals surface area contributed by atoms with Gasteiger partial charge in [0.1, 0.15) is 24.2 Å². The van der Waals surface area contributed by atoms with Crippen molar-refractivity contribution < 1.29 is 32.1 Å². The molecule has 3 heterocycles. The Kier molecular flexibility index (Phi) is 8.09. The molecule has 3 saturated heterocycles. The summed E-state index contributed by atoms with van der Waals surface area (Å²) in [5.74, 6) is -1.75. The number of piperidine rings is 1. The summed E-state index contributed by atoms with van der Waals surface area (Å²) in [6, 6.07) is 10.1. The van der Waals surface area contributed by atoms with Crippen LogP contribution < -0.4 is 0 Å². The summed E-state index contributed by atoms with van der Waals surface area (Å²) in [6.07, 6.45) is 2.26. The van der Waals surface area contributed by atoms with Gasteiger partial charge in [0, 0.05) is 31.8 Å². The number of fused-ring (bicyclic) bond motifs is 5. The number of carboxylic acids is 1. The van der Waals surface area contributed by atoms with Gasteiger partial charge in [-0.25, -0.2) is 0 Å². The molecule has 1 aromatic rings. The number of rotatable bonds is 4. The van der Waals surface area contributed by atoms with Gasteiger partial charge in [-0.05, 0) is 12.6 Å². The summed E-state index contributed by atoms with van der Waals surface area (Å²) in [5.41, 5.74) is 0.803. The predicted octanol–water partition coefficient (Wildman–Crippen LogP) is 0.853. The average Bonchev–Trinajstić information content (AvgIpc) is 3.34. The third-order valence-corrected chi connectivity index (χ3v) is 5.33. The standard InChI is InChI=1S/C17H21NO4.C2H4O2.Ca.2H/c1-18-13-7-11(8-14(18)16-15(13)22-16)21-17(20)12(9-19)10-5-3-2-4-6-10;1-2(3)4;;;/h2-6,11-16,19H,7-9H2,1H3;1H3,(H,3,4);;;/q;;+2;2*-1/t11?,12-,13-,14+,15-,16+;;;;/m1..../s1. The van der Waals surface area contributed by atoms with E-state index in [-0.39, 0.29) is 59.3 Å². The van der Waals surface area contributed by atoms with Gasteiger partial charge in [0.15, 0.2) is 0 Å². The fourth-order valence-corrected chi connectivity index (χ4v) is 4.04. The van der Waals surface area contributed by atoms with E-state index in [1.807, 2.05) is 30.3 Å². The van der Waals surface area contributed by atoms with E-state index in [2.05, 4.69) is 11.9 Å². The van der Waals surface area contributed by atoms with Gasteiger partial charge in [-0.3, -0.25) is 14.5 Å². The van der Waals surface area contributed by atoms with E-state index >= 15 is 0 Å². The van der Waals surface area contributed by atoms with Gasteiger partial charge in [0.2, 0.25) is 0 Å². The number of esters is 1. The monoisotopic (exact) mass is 405 g/mol. The molecule has 1 aromatic carbocycles. The Labute approximate surface area is 191 Å². The average molecular weight is 406 g/mol. The van der Waals surface area contributed by atoms with Crippen LogP contribution in [0.2, 0.25) is 0 Å². The van der Waals surface area contributed by atoms with Crippen LogP contribution in [-0.2, 0) is 19.1 Å². The molecule has 27 heavy (non-hydrogen) atoms. The Morgan fingerprint density at radius 2 is 1.78 bits per heavy atom. The van der Waals surface area contributed by atoms with Crippen molar-refractivity contribution in [1.82, 2.24) is 4.90 Å². The zero-order valence-corrected chi connectivity index (χ0v) is 17.9. The number of nitrogens with zero attached hydrogens (tertiary/aromatic N) is 1. The number of carboxylic acid groups (broad SMARTS) is 1. The van der Waals surface area contributed by atoms with Gasteiger partial charge in [-0.1, -0.05) is 30.3 Å². The number of hydrogen-bond donors (Lipinski definition) is 2. The molecule has 2 N–H and O–H groups in total. The van der Waals surface area contributed by atoms with Crippen molar-refractivity contribution in [2.75, 3.05) is 13.7 Å². The van der Waals surface area contributed by atoms with Crippen LogP contribution >= 0.6 is 0 Å². The van der Waals surface area contributed by atoms with Crippen LogP contribution in [0.25, 0.3) is 0 Å². The second-order valence-electron chi connectivity index (χ2n) is 7.06. The molecule has 2 bridgehead atoms. The molecule has 0 aliphatic carbocycles. The van der Waals surface area contributed by atoms with E-state index in [4.69, 9.17) is 19.4 Å². The summed E-state index contributed by atoms with van der Waals surface area (Å²) in [5, 5.41) is 17.0. The molecule has 8 heteroatoms. The zero-order valence-electron chi connectivity index (χ0n) is 17.7. The summed E-state index contributed by atoms with van der Waals surface area (Å²) in [7, 11) is 2.13. The minimum absolute atomic E-state index is 0. The van der Waals surface area contributed by atoms with Crippen LogP contribution in [0.5, 0.6) is 0 Å². The van der Waals surface area contributed by atoms with Crippen LogP contribution in [0, 0.1) is 0 Å². The summed E-state index contributed by atoms with van der Waals surface area (Å²) >= 11 is 0. The Morgan fingerprint density at radius 1 is 1.26 bits per heavy atom. The molecule has 3 aliphatic rings. The second-order valence-corrected chi connectivity index (χ2v) is 7.06. The first-order chi connectivity index (χ1) is 12.4. The van der Waals surface area contributed by atoms with Crippen molar-refractivity contribution in [3.63, 3.8) is 0 Å². The molecule has 3 fully saturated rings. The quantitative estimate of drug-likeness (QED) is 0.435. The Hall–Kier alpha value is -0.700. The van der Waals surface area contributed by atoms with E-state index in [0.717, 1.165) is 25.3 Å². The third-order valence-electron chi connectivity index (χ3n) is 5.33. The van der Waals surface area contributed by atoms with Gasteiger partial charge < -0.3 is 22.5 Å². The molecule has 4 rings (SSSR count). The van der Waals surface area contributed by atoms with E-state index in [9.17, 15) is 9.90 Å². The zero-order chi connectivity index (χ0) is 18.8. The number of hydrogen-bond acceptors (Lipinski definition) is 6. The van der Waals surface area contributed by atoms with Crippen molar-refractivity contribution in [2.45, 2.75) is 56.1 Å². The van der Waals surface area contributed by atoms with Crippen LogP contribution in [0.1, 0.15) is 34.1 Å². The summed E-state index contributed by atoms with van der Waals surface area (Å²) in [6.45, 7) is 0.858. The maximum absolute atomic E-state index is 12.4. The van der Waals surface area contributed by atoms with Gasteiger partial charge in [-0.15, -0.1) is 0 Å².